The maximum atomic E-state index is 13.2. The first-order valence-electron chi connectivity index (χ1n) is 8.98. The van der Waals surface area contributed by atoms with Gasteiger partial charge in [-0.1, -0.05) is 25.4 Å². The maximum Gasteiger partial charge on any atom is 0.268 e. The average molecular weight is 387 g/mol. The number of pyridine rings is 1. The SMILES string of the molecule is CC(C)NC(=O)c1cc2c(n(-c3ccc(Cl)cc3)c1=O)CC(C)(C)CC2=O. The van der Waals surface area contributed by atoms with E-state index in [0.717, 1.165) is 0 Å². The summed E-state index contributed by atoms with van der Waals surface area (Å²) in [6.45, 7) is 7.65. The standard InChI is InChI=1S/C21H23ClN2O3/c1-12(2)23-19(26)16-9-15-17(10-21(3,4)11-18(15)25)24(20(16)27)14-7-5-13(22)6-8-14/h5-9,12H,10-11H2,1-4H3,(H,23,26). The lowest BCUT2D eigenvalue weighted by Gasteiger charge is -2.32. The van der Waals surface area contributed by atoms with E-state index in [1.807, 2.05) is 27.7 Å². The summed E-state index contributed by atoms with van der Waals surface area (Å²) in [4.78, 5) is 38.6. The highest BCUT2D eigenvalue weighted by molar-refractivity contribution is 6.30. The van der Waals surface area contributed by atoms with Crippen LogP contribution in [0.15, 0.2) is 35.1 Å². The van der Waals surface area contributed by atoms with E-state index in [-0.39, 0.29) is 22.8 Å². The van der Waals surface area contributed by atoms with E-state index in [2.05, 4.69) is 5.32 Å². The van der Waals surface area contributed by atoms with Crippen LogP contribution >= 0.6 is 11.6 Å². The van der Waals surface area contributed by atoms with Crippen molar-refractivity contribution in [3.63, 3.8) is 0 Å². The first kappa shape index (κ1) is 19.4. The second kappa shape index (κ2) is 6.97. The van der Waals surface area contributed by atoms with Gasteiger partial charge in [0.2, 0.25) is 0 Å². The van der Waals surface area contributed by atoms with Gasteiger partial charge in [0.15, 0.2) is 5.78 Å². The molecule has 5 nitrogen and oxygen atoms in total. The molecule has 0 unspecified atom stereocenters. The van der Waals surface area contributed by atoms with Gasteiger partial charge in [-0.25, -0.2) is 0 Å². The predicted octanol–water partition coefficient (Wildman–Crippen LogP) is 3.78. The second-order valence-electron chi connectivity index (χ2n) is 8.10. The largest absolute Gasteiger partial charge is 0.350 e. The molecular formula is C21H23ClN2O3. The first-order valence-corrected chi connectivity index (χ1v) is 9.36. The summed E-state index contributed by atoms with van der Waals surface area (Å²) >= 11 is 5.98. The molecule has 3 rings (SSSR count). The molecule has 0 saturated heterocycles. The normalized spacial score (nSPS) is 15.6. The number of amides is 1. The summed E-state index contributed by atoms with van der Waals surface area (Å²) < 4.78 is 1.49. The number of nitrogens with zero attached hydrogens (tertiary/aromatic N) is 1. The molecule has 0 atom stereocenters. The molecule has 0 saturated carbocycles. The molecule has 0 spiro atoms. The molecule has 0 radical (unpaired) electrons. The molecule has 1 amide bonds. The van der Waals surface area contributed by atoms with Crippen molar-refractivity contribution in [1.82, 2.24) is 9.88 Å². The topological polar surface area (TPSA) is 68.2 Å². The number of aromatic nitrogens is 1. The first-order chi connectivity index (χ1) is 12.6. The highest BCUT2D eigenvalue weighted by Gasteiger charge is 2.35. The van der Waals surface area contributed by atoms with Gasteiger partial charge >= 0.3 is 0 Å². The molecular weight excluding hydrogens is 364 g/mol. The Bertz CT molecular complexity index is 972. The van der Waals surface area contributed by atoms with E-state index in [0.29, 0.717) is 34.8 Å². The maximum absolute atomic E-state index is 13.2. The quantitative estimate of drug-likeness (QED) is 0.872. The lowest BCUT2D eigenvalue weighted by atomic mass is 9.75. The van der Waals surface area contributed by atoms with Crippen LogP contribution in [0.2, 0.25) is 5.02 Å². The number of Topliss-reactive ketones (excluding diaryl/α,β-unsaturated/α-hetero) is 1. The van der Waals surface area contributed by atoms with Crippen LogP contribution in [-0.4, -0.2) is 22.3 Å². The number of carbonyl (C=O) groups excluding carboxylic acids is 2. The fraction of sp³-hybridized carbons (Fsp3) is 0.381. The Morgan fingerprint density at radius 1 is 1.15 bits per heavy atom. The van der Waals surface area contributed by atoms with Crippen molar-refractivity contribution in [2.75, 3.05) is 0 Å². The van der Waals surface area contributed by atoms with Gasteiger partial charge < -0.3 is 5.32 Å². The number of hydrogen-bond donors (Lipinski definition) is 1. The van der Waals surface area contributed by atoms with Crippen LogP contribution in [0.1, 0.15) is 60.5 Å². The van der Waals surface area contributed by atoms with Gasteiger partial charge in [0.05, 0.1) is 0 Å². The van der Waals surface area contributed by atoms with Gasteiger partial charge in [0, 0.05) is 34.4 Å². The molecule has 27 heavy (non-hydrogen) atoms. The van der Waals surface area contributed by atoms with E-state index < -0.39 is 11.5 Å². The number of ketones is 1. The van der Waals surface area contributed by atoms with E-state index in [4.69, 9.17) is 11.6 Å². The molecule has 1 aromatic carbocycles. The zero-order chi connectivity index (χ0) is 19.9. The Balaban J connectivity index is 2.30. The Kier molecular flexibility index (Phi) is 5.00. The molecule has 0 bridgehead atoms. The number of halogens is 1. The summed E-state index contributed by atoms with van der Waals surface area (Å²) in [5, 5.41) is 3.29. The van der Waals surface area contributed by atoms with E-state index in [9.17, 15) is 14.4 Å². The summed E-state index contributed by atoms with van der Waals surface area (Å²) in [6, 6.07) is 8.16. The summed E-state index contributed by atoms with van der Waals surface area (Å²) in [5.74, 6) is -0.527. The number of rotatable bonds is 3. The lowest BCUT2D eigenvalue weighted by molar-refractivity contribution is 0.0908. The van der Waals surface area contributed by atoms with Crippen LogP contribution in [0, 0.1) is 5.41 Å². The van der Waals surface area contributed by atoms with Gasteiger partial charge in [0.25, 0.3) is 11.5 Å². The van der Waals surface area contributed by atoms with Gasteiger partial charge in [-0.2, -0.15) is 0 Å². The summed E-state index contributed by atoms with van der Waals surface area (Å²) in [6.07, 6.45) is 0.947. The minimum Gasteiger partial charge on any atom is -0.350 e. The molecule has 2 aromatic rings. The van der Waals surface area contributed by atoms with Crippen LogP contribution in [0.25, 0.3) is 5.69 Å². The van der Waals surface area contributed by atoms with Crippen LogP contribution in [0.5, 0.6) is 0 Å². The van der Waals surface area contributed by atoms with Crippen molar-refractivity contribution >= 4 is 23.3 Å². The fourth-order valence-corrected chi connectivity index (χ4v) is 3.61. The van der Waals surface area contributed by atoms with Crippen LogP contribution in [0.3, 0.4) is 0 Å². The van der Waals surface area contributed by atoms with Crippen molar-refractivity contribution in [1.29, 1.82) is 0 Å². The number of nitrogens with one attached hydrogen (secondary N) is 1. The minimum atomic E-state index is -0.474. The monoisotopic (exact) mass is 386 g/mol. The Morgan fingerprint density at radius 2 is 1.78 bits per heavy atom. The van der Waals surface area contributed by atoms with Crippen molar-refractivity contribution in [3.8, 4) is 5.69 Å². The van der Waals surface area contributed by atoms with Gasteiger partial charge in [-0.15, -0.1) is 0 Å². The lowest BCUT2D eigenvalue weighted by Crippen LogP contribution is -2.40. The number of benzene rings is 1. The third-order valence-corrected chi connectivity index (χ3v) is 4.89. The van der Waals surface area contributed by atoms with Crippen molar-refractivity contribution in [3.05, 3.63) is 62.5 Å². The zero-order valence-corrected chi connectivity index (χ0v) is 16.7. The van der Waals surface area contributed by atoms with Crippen LogP contribution in [0.4, 0.5) is 0 Å². The smallest absolute Gasteiger partial charge is 0.268 e. The van der Waals surface area contributed by atoms with Crippen molar-refractivity contribution in [2.24, 2.45) is 5.41 Å². The third kappa shape index (κ3) is 3.83. The van der Waals surface area contributed by atoms with E-state index in [1.54, 1.807) is 24.3 Å². The predicted molar refractivity (Wildman–Crippen MR) is 106 cm³/mol. The molecule has 1 heterocycles. The Labute approximate surface area is 163 Å². The van der Waals surface area contributed by atoms with Gasteiger partial charge in [-0.05, 0) is 56.0 Å². The number of carbonyl (C=O) groups is 2. The molecule has 0 aliphatic heterocycles. The Morgan fingerprint density at radius 3 is 2.37 bits per heavy atom. The highest BCUT2D eigenvalue weighted by atomic mass is 35.5. The minimum absolute atomic E-state index is 0.0227. The molecule has 142 valence electrons. The zero-order valence-electron chi connectivity index (χ0n) is 15.9. The molecule has 0 fully saturated rings. The second-order valence-corrected chi connectivity index (χ2v) is 8.54. The van der Waals surface area contributed by atoms with E-state index in [1.165, 1.54) is 10.6 Å². The number of fused-ring (bicyclic) bond motifs is 1. The molecule has 1 aromatic heterocycles. The van der Waals surface area contributed by atoms with Crippen LogP contribution < -0.4 is 10.9 Å². The molecule has 1 N–H and O–H groups in total. The molecule has 6 heteroatoms. The summed E-state index contributed by atoms with van der Waals surface area (Å²) in [7, 11) is 0. The average Bonchev–Trinajstić information content (AvgIpc) is 2.54. The molecule has 1 aliphatic rings. The number of hydrogen-bond acceptors (Lipinski definition) is 3. The third-order valence-electron chi connectivity index (χ3n) is 4.64. The molecule has 1 aliphatic carbocycles. The van der Waals surface area contributed by atoms with E-state index >= 15 is 0 Å². The van der Waals surface area contributed by atoms with Crippen LogP contribution in [-0.2, 0) is 6.42 Å². The van der Waals surface area contributed by atoms with Gasteiger partial charge in [0.1, 0.15) is 5.56 Å². The van der Waals surface area contributed by atoms with Crippen molar-refractivity contribution in [2.45, 2.75) is 46.6 Å². The highest BCUT2D eigenvalue weighted by Crippen LogP contribution is 2.35. The Hall–Kier alpha value is -2.40. The van der Waals surface area contributed by atoms with Gasteiger partial charge in [-0.3, -0.25) is 19.0 Å². The fourth-order valence-electron chi connectivity index (χ4n) is 3.48. The van der Waals surface area contributed by atoms with Crippen molar-refractivity contribution < 1.29 is 9.59 Å². The summed E-state index contributed by atoms with van der Waals surface area (Å²) in [5.41, 5.74) is 0.963.